The van der Waals surface area contributed by atoms with Gasteiger partial charge in [-0.1, -0.05) is 18.6 Å². The van der Waals surface area contributed by atoms with Crippen LogP contribution in [0.4, 0.5) is 0 Å². The first-order valence-electron chi connectivity index (χ1n) is 5.86. The summed E-state index contributed by atoms with van der Waals surface area (Å²) < 4.78 is 0. The molecule has 1 aromatic carbocycles. The molecule has 0 saturated heterocycles. The van der Waals surface area contributed by atoms with E-state index in [9.17, 15) is 0 Å². The Morgan fingerprint density at radius 2 is 1.80 bits per heavy atom. The van der Waals surface area contributed by atoms with Crippen LogP contribution in [0.1, 0.15) is 30.5 Å². The highest BCUT2D eigenvalue weighted by Gasteiger charge is 2.15. The molecule has 0 atom stereocenters. The van der Waals surface area contributed by atoms with E-state index in [0.717, 1.165) is 0 Å². The first-order chi connectivity index (χ1) is 7.43. The number of nitrogens with one attached hydrogen (secondary N) is 1. The molecule has 1 aromatic heterocycles. The molecule has 1 aliphatic carbocycles. The smallest absolute Gasteiger partial charge is 0.208 e. The molecule has 0 radical (unpaired) electrons. The first-order valence-corrected chi connectivity index (χ1v) is 5.86. The van der Waals surface area contributed by atoms with E-state index in [1.54, 1.807) is 0 Å². The minimum Gasteiger partial charge on any atom is -0.208 e. The lowest BCUT2D eigenvalue weighted by molar-refractivity contribution is -0.358. The zero-order chi connectivity index (χ0) is 10.1. The molecular weight excluding hydrogens is 182 g/mol. The highest BCUT2D eigenvalue weighted by Crippen LogP contribution is 2.20. The Hall–Kier alpha value is -1.37. The third kappa shape index (κ3) is 1.63. The topological polar surface area (TPSA) is 14.1 Å². The molecule has 2 aromatic rings. The summed E-state index contributed by atoms with van der Waals surface area (Å²) in [6, 6.07) is 10.9. The average molecular weight is 198 g/mol. The molecule has 0 spiro atoms. The molecule has 3 rings (SSSR count). The fourth-order valence-corrected chi connectivity index (χ4v) is 2.49. The third-order valence-corrected chi connectivity index (χ3v) is 3.34. The Labute approximate surface area is 90.2 Å². The standard InChI is InChI=1S/C14H15N/c1-2-6-11-10-12-7-4-5-9-14(12)15-13(11)8-3-1/h4-5,7,9-10H,1-3,6,8H2/p+1. The van der Waals surface area contributed by atoms with Gasteiger partial charge in [-0.3, -0.25) is 0 Å². The largest absolute Gasteiger partial charge is 0.211 e. The number of para-hydroxylation sites is 1. The van der Waals surface area contributed by atoms with E-state index < -0.39 is 0 Å². The van der Waals surface area contributed by atoms with Gasteiger partial charge in [-0.2, -0.15) is 0 Å². The van der Waals surface area contributed by atoms with Gasteiger partial charge in [0, 0.05) is 23.4 Å². The minimum atomic E-state index is 1.22. The van der Waals surface area contributed by atoms with Crippen LogP contribution in [0, 0.1) is 0 Å². The van der Waals surface area contributed by atoms with Crippen LogP contribution >= 0.6 is 0 Å². The van der Waals surface area contributed by atoms with Crippen LogP contribution in [-0.2, 0) is 12.8 Å². The van der Waals surface area contributed by atoms with Crippen LogP contribution in [0.3, 0.4) is 0 Å². The molecule has 0 unspecified atom stereocenters. The van der Waals surface area contributed by atoms with Crippen molar-refractivity contribution in [2.45, 2.75) is 32.1 Å². The second-order valence-electron chi connectivity index (χ2n) is 4.42. The summed E-state index contributed by atoms with van der Waals surface area (Å²) in [7, 11) is 0. The molecule has 1 nitrogen and oxygen atoms in total. The van der Waals surface area contributed by atoms with Crippen molar-refractivity contribution < 1.29 is 4.98 Å². The maximum Gasteiger partial charge on any atom is 0.211 e. The normalized spacial score (nSPS) is 16.0. The molecule has 0 fully saturated rings. The Kier molecular flexibility index (Phi) is 2.17. The molecule has 0 aliphatic heterocycles. The van der Waals surface area contributed by atoms with Crippen LogP contribution in [0.15, 0.2) is 30.3 Å². The Bertz CT molecular complexity index is 443. The lowest BCUT2D eigenvalue weighted by Crippen LogP contribution is -2.14. The number of aryl methyl sites for hydroxylation is 2. The second-order valence-corrected chi connectivity index (χ2v) is 4.42. The van der Waals surface area contributed by atoms with E-state index in [2.05, 4.69) is 35.3 Å². The maximum absolute atomic E-state index is 3.59. The number of rotatable bonds is 0. The van der Waals surface area contributed by atoms with Crippen LogP contribution < -0.4 is 4.98 Å². The van der Waals surface area contributed by atoms with Crippen molar-refractivity contribution in [1.29, 1.82) is 0 Å². The average Bonchev–Trinajstić information content (AvgIpc) is 2.50. The molecule has 15 heavy (non-hydrogen) atoms. The van der Waals surface area contributed by atoms with Crippen LogP contribution in [-0.4, -0.2) is 0 Å². The second kappa shape index (κ2) is 3.65. The van der Waals surface area contributed by atoms with Crippen molar-refractivity contribution in [3.8, 4) is 0 Å². The summed E-state index contributed by atoms with van der Waals surface area (Å²) in [5.74, 6) is 0. The van der Waals surface area contributed by atoms with Gasteiger partial charge >= 0.3 is 0 Å². The predicted molar refractivity (Wildman–Crippen MR) is 61.8 cm³/mol. The molecule has 1 heterocycles. The van der Waals surface area contributed by atoms with Crippen molar-refractivity contribution in [2.75, 3.05) is 0 Å². The zero-order valence-corrected chi connectivity index (χ0v) is 8.92. The lowest BCUT2D eigenvalue weighted by atomic mass is 10.1. The molecule has 1 aliphatic rings. The number of aromatic amines is 1. The van der Waals surface area contributed by atoms with E-state index >= 15 is 0 Å². The summed E-state index contributed by atoms with van der Waals surface area (Å²) in [6.45, 7) is 0. The molecule has 1 heteroatoms. The molecule has 0 saturated carbocycles. The van der Waals surface area contributed by atoms with Crippen LogP contribution in [0.5, 0.6) is 0 Å². The summed E-state index contributed by atoms with van der Waals surface area (Å²) in [6.07, 6.45) is 6.52. The van der Waals surface area contributed by atoms with Crippen molar-refractivity contribution in [1.82, 2.24) is 0 Å². The summed E-state index contributed by atoms with van der Waals surface area (Å²) in [4.78, 5) is 3.59. The maximum atomic E-state index is 3.59. The van der Waals surface area contributed by atoms with Gasteiger partial charge in [0.15, 0.2) is 5.69 Å². The number of hydrogen-bond acceptors (Lipinski definition) is 0. The molecule has 76 valence electrons. The van der Waals surface area contributed by atoms with Gasteiger partial charge in [-0.15, -0.1) is 0 Å². The third-order valence-electron chi connectivity index (χ3n) is 3.34. The quantitative estimate of drug-likeness (QED) is 0.578. The van der Waals surface area contributed by atoms with Crippen molar-refractivity contribution in [3.05, 3.63) is 41.6 Å². The van der Waals surface area contributed by atoms with E-state index in [4.69, 9.17) is 0 Å². The van der Waals surface area contributed by atoms with Gasteiger partial charge < -0.3 is 0 Å². The monoisotopic (exact) mass is 198 g/mol. The fourth-order valence-electron chi connectivity index (χ4n) is 2.49. The SMILES string of the molecule is c1ccc2[nH+]c3c(cc2c1)CCCCC3. The highest BCUT2D eigenvalue weighted by molar-refractivity contribution is 5.76. The highest BCUT2D eigenvalue weighted by atomic mass is 14.7. The van der Waals surface area contributed by atoms with E-state index in [1.165, 1.54) is 54.3 Å². The molecular formula is C14H16N+. The van der Waals surface area contributed by atoms with Gasteiger partial charge in [-0.05, 0) is 31.4 Å². The Balaban J connectivity index is 2.20. The minimum absolute atomic E-state index is 1.22. The predicted octanol–water partition coefficient (Wildman–Crippen LogP) is 2.92. The van der Waals surface area contributed by atoms with Gasteiger partial charge in [0.05, 0.1) is 0 Å². The van der Waals surface area contributed by atoms with Gasteiger partial charge in [0.2, 0.25) is 5.52 Å². The van der Waals surface area contributed by atoms with Gasteiger partial charge in [-0.25, -0.2) is 4.98 Å². The zero-order valence-electron chi connectivity index (χ0n) is 8.92. The van der Waals surface area contributed by atoms with Crippen molar-refractivity contribution in [3.63, 3.8) is 0 Å². The molecule has 0 amide bonds. The fraction of sp³-hybridized carbons (Fsp3) is 0.357. The Morgan fingerprint density at radius 3 is 2.80 bits per heavy atom. The number of benzene rings is 1. The van der Waals surface area contributed by atoms with Gasteiger partial charge in [0.25, 0.3) is 0 Å². The summed E-state index contributed by atoms with van der Waals surface area (Å²) >= 11 is 0. The number of hydrogen-bond donors (Lipinski definition) is 0. The number of aromatic nitrogens is 1. The van der Waals surface area contributed by atoms with E-state index in [1.807, 2.05) is 0 Å². The van der Waals surface area contributed by atoms with Crippen LogP contribution in [0.2, 0.25) is 0 Å². The van der Waals surface area contributed by atoms with Crippen molar-refractivity contribution in [2.24, 2.45) is 0 Å². The molecule has 0 bridgehead atoms. The summed E-state index contributed by atoms with van der Waals surface area (Å²) in [5, 5.41) is 1.35. The van der Waals surface area contributed by atoms with Gasteiger partial charge in [0.1, 0.15) is 0 Å². The number of pyridine rings is 1. The molecule has 1 N–H and O–H groups in total. The first kappa shape index (κ1) is 8.90. The lowest BCUT2D eigenvalue weighted by Gasteiger charge is -2.00. The van der Waals surface area contributed by atoms with Crippen LogP contribution in [0.25, 0.3) is 10.9 Å². The van der Waals surface area contributed by atoms with Crippen molar-refractivity contribution >= 4 is 10.9 Å². The van der Waals surface area contributed by atoms with E-state index in [0.29, 0.717) is 0 Å². The summed E-state index contributed by atoms with van der Waals surface area (Å²) in [5.41, 5.74) is 4.27. The number of H-pyrrole nitrogens is 1. The van der Waals surface area contributed by atoms with E-state index in [-0.39, 0.29) is 0 Å². The number of fused-ring (bicyclic) bond motifs is 2. The Morgan fingerprint density at radius 1 is 0.933 bits per heavy atom.